The van der Waals surface area contributed by atoms with Crippen molar-refractivity contribution >= 4 is 17.0 Å². The number of hydrogen-bond acceptors (Lipinski definition) is 9. The van der Waals surface area contributed by atoms with Crippen molar-refractivity contribution < 1.29 is 24.8 Å². The third-order valence-corrected chi connectivity index (χ3v) is 4.78. The maximum atomic E-state index is 10.1. The van der Waals surface area contributed by atoms with E-state index in [0.29, 0.717) is 17.0 Å². The lowest BCUT2D eigenvalue weighted by atomic mass is 10.2. The minimum absolute atomic E-state index is 0.0348. The zero-order valence-electron chi connectivity index (χ0n) is 13.7. The van der Waals surface area contributed by atoms with Gasteiger partial charge in [0.05, 0.1) is 32.2 Å². The Balaban J connectivity index is 1.74. The lowest BCUT2D eigenvalue weighted by molar-refractivity contribution is -0.0163. The van der Waals surface area contributed by atoms with Gasteiger partial charge in [0, 0.05) is 0 Å². The molecule has 1 saturated heterocycles. The predicted molar refractivity (Wildman–Crippen MR) is 86.1 cm³/mol. The largest absolute Gasteiger partial charge is 0.467 e. The Kier molecular flexibility index (Phi) is 4.20. The van der Waals surface area contributed by atoms with Gasteiger partial charge in [0.1, 0.15) is 12.2 Å². The first-order valence-corrected chi connectivity index (χ1v) is 8.29. The van der Waals surface area contributed by atoms with E-state index in [1.165, 1.54) is 13.4 Å². The second-order valence-electron chi connectivity index (χ2n) is 6.41. The van der Waals surface area contributed by atoms with Gasteiger partial charge in [-0.2, -0.15) is 9.97 Å². The van der Waals surface area contributed by atoms with Crippen LogP contribution < -0.4 is 10.1 Å². The number of nitrogens with zero attached hydrogens (tertiary/aromatic N) is 4. The fraction of sp³-hybridized carbons (Fsp3) is 0.667. The van der Waals surface area contributed by atoms with E-state index in [4.69, 9.17) is 9.47 Å². The van der Waals surface area contributed by atoms with Gasteiger partial charge in [0.15, 0.2) is 23.2 Å². The van der Waals surface area contributed by atoms with Crippen LogP contribution in [0.2, 0.25) is 0 Å². The number of nitrogens with one attached hydrogen (secondary N) is 1. The van der Waals surface area contributed by atoms with Gasteiger partial charge in [-0.3, -0.25) is 4.57 Å². The summed E-state index contributed by atoms with van der Waals surface area (Å²) >= 11 is 0. The summed E-state index contributed by atoms with van der Waals surface area (Å²) < 4.78 is 12.2. The van der Waals surface area contributed by atoms with Crippen molar-refractivity contribution in [2.75, 3.05) is 19.0 Å². The topological polar surface area (TPSA) is 135 Å². The summed E-state index contributed by atoms with van der Waals surface area (Å²) in [6, 6.07) is 0.0281. The summed E-state index contributed by atoms with van der Waals surface area (Å²) in [6.45, 7) is 0.0348. The summed E-state index contributed by atoms with van der Waals surface area (Å²) in [5.74, 6) is 0.458. The summed E-state index contributed by atoms with van der Waals surface area (Å²) in [5, 5.41) is 33.1. The van der Waals surface area contributed by atoms with E-state index in [0.717, 1.165) is 19.3 Å². The number of methoxy groups -OCH3 is 1. The Morgan fingerprint density at radius 2 is 2.08 bits per heavy atom. The highest BCUT2D eigenvalue weighted by atomic mass is 16.5. The minimum Gasteiger partial charge on any atom is -0.467 e. The first-order chi connectivity index (χ1) is 12.1. The van der Waals surface area contributed by atoms with Gasteiger partial charge in [-0.1, -0.05) is 0 Å². The molecule has 10 nitrogen and oxygen atoms in total. The highest BCUT2D eigenvalue weighted by Crippen LogP contribution is 2.31. The molecule has 0 amide bonds. The molecule has 10 heteroatoms. The molecule has 2 aromatic heterocycles. The number of ether oxygens (including phenoxy) is 2. The lowest BCUT2D eigenvalue weighted by Crippen LogP contribution is -2.29. The number of aliphatic hydroxyl groups excluding tert-OH is 3. The maximum absolute atomic E-state index is 10.1. The molecular formula is C15H21N5O5. The number of aromatic nitrogens is 4. The SMILES string of the molecule is COc1nc(N[C@H]2CCC[C@@H]2O)c2ncn(C3OCC(O)C3O)c2n1. The standard InChI is InChI=1S/C15H21N5O5/c1-24-15-18-12(17-7-3-2-4-8(7)21)10-13(19-15)20(6-16-10)14-11(23)9(22)5-25-14/h6-9,11,14,21-23H,2-5H2,1H3,(H,17,18,19)/t7-,8-,9?,11?,14?/m0/s1. The van der Waals surface area contributed by atoms with Gasteiger partial charge >= 0.3 is 6.01 Å². The molecule has 5 atom stereocenters. The average molecular weight is 351 g/mol. The first-order valence-electron chi connectivity index (χ1n) is 8.29. The van der Waals surface area contributed by atoms with E-state index < -0.39 is 24.5 Å². The van der Waals surface area contributed by atoms with Crippen LogP contribution in [0.25, 0.3) is 11.2 Å². The number of imidazole rings is 1. The van der Waals surface area contributed by atoms with Crippen molar-refractivity contribution in [3.63, 3.8) is 0 Å². The van der Waals surface area contributed by atoms with Crippen molar-refractivity contribution in [3.8, 4) is 6.01 Å². The highest BCUT2D eigenvalue weighted by molar-refractivity contribution is 5.83. The lowest BCUT2D eigenvalue weighted by Gasteiger charge is -2.19. The molecule has 2 aliphatic rings. The normalized spacial score (nSPS) is 32.4. The van der Waals surface area contributed by atoms with E-state index in [2.05, 4.69) is 20.3 Å². The molecule has 25 heavy (non-hydrogen) atoms. The second kappa shape index (κ2) is 6.37. The zero-order chi connectivity index (χ0) is 17.6. The molecule has 1 aliphatic heterocycles. The van der Waals surface area contributed by atoms with Gasteiger partial charge in [-0.25, -0.2) is 4.98 Å². The Morgan fingerprint density at radius 1 is 1.24 bits per heavy atom. The Morgan fingerprint density at radius 3 is 2.72 bits per heavy atom. The van der Waals surface area contributed by atoms with E-state index in [-0.39, 0.29) is 18.7 Å². The third kappa shape index (κ3) is 2.80. The van der Waals surface area contributed by atoms with E-state index in [1.807, 2.05) is 0 Å². The van der Waals surface area contributed by atoms with Crippen LogP contribution in [0, 0.1) is 0 Å². The molecule has 4 N–H and O–H groups in total. The van der Waals surface area contributed by atoms with Crippen LogP contribution in [-0.2, 0) is 4.74 Å². The minimum atomic E-state index is -1.08. The molecule has 0 radical (unpaired) electrons. The number of hydrogen-bond donors (Lipinski definition) is 4. The van der Waals surface area contributed by atoms with Gasteiger partial charge in [-0.15, -0.1) is 0 Å². The molecule has 3 heterocycles. The van der Waals surface area contributed by atoms with Crippen LogP contribution >= 0.6 is 0 Å². The Labute approximate surface area is 143 Å². The summed E-state index contributed by atoms with van der Waals surface area (Å²) in [4.78, 5) is 12.9. The zero-order valence-corrected chi connectivity index (χ0v) is 13.7. The smallest absolute Gasteiger partial charge is 0.320 e. The highest BCUT2D eigenvalue weighted by Gasteiger charge is 2.37. The van der Waals surface area contributed by atoms with Crippen LogP contribution in [0.15, 0.2) is 6.33 Å². The van der Waals surface area contributed by atoms with Crippen LogP contribution in [0.3, 0.4) is 0 Å². The average Bonchev–Trinajstić information content (AvgIpc) is 3.29. The fourth-order valence-electron chi connectivity index (χ4n) is 3.39. The van der Waals surface area contributed by atoms with Gasteiger partial charge < -0.3 is 30.1 Å². The van der Waals surface area contributed by atoms with Crippen LogP contribution in [0.4, 0.5) is 5.82 Å². The molecule has 4 rings (SSSR count). The molecule has 2 fully saturated rings. The van der Waals surface area contributed by atoms with Crippen molar-refractivity contribution in [1.82, 2.24) is 19.5 Å². The molecule has 0 spiro atoms. The predicted octanol–water partition coefficient (Wildman–Crippen LogP) is -0.589. The molecule has 136 valence electrons. The van der Waals surface area contributed by atoms with Crippen LogP contribution in [-0.4, -0.2) is 72.9 Å². The van der Waals surface area contributed by atoms with Crippen molar-refractivity contribution in [2.45, 2.75) is 49.8 Å². The van der Waals surface area contributed by atoms with Crippen LogP contribution in [0.1, 0.15) is 25.5 Å². The number of fused-ring (bicyclic) bond motifs is 1. The van der Waals surface area contributed by atoms with Crippen molar-refractivity contribution in [1.29, 1.82) is 0 Å². The fourth-order valence-corrected chi connectivity index (χ4v) is 3.39. The Bertz CT molecular complexity index is 768. The Hall–Kier alpha value is -2.01. The molecule has 0 bridgehead atoms. The second-order valence-corrected chi connectivity index (χ2v) is 6.41. The van der Waals surface area contributed by atoms with Gasteiger partial charge in [0.2, 0.25) is 0 Å². The summed E-state index contributed by atoms with van der Waals surface area (Å²) in [5.41, 5.74) is 0.900. The maximum Gasteiger partial charge on any atom is 0.320 e. The summed E-state index contributed by atoms with van der Waals surface area (Å²) in [7, 11) is 1.46. The summed E-state index contributed by atoms with van der Waals surface area (Å²) in [6.07, 6.45) is 0.755. The van der Waals surface area contributed by atoms with Crippen molar-refractivity contribution in [2.24, 2.45) is 0 Å². The molecule has 2 aromatic rings. The molecule has 1 aliphatic carbocycles. The van der Waals surface area contributed by atoms with Crippen molar-refractivity contribution in [3.05, 3.63) is 6.33 Å². The number of anilines is 1. The third-order valence-electron chi connectivity index (χ3n) is 4.78. The van der Waals surface area contributed by atoms with E-state index >= 15 is 0 Å². The first kappa shape index (κ1) is 16.5. The quantitative estimate of drug-likeness (QED) is 0.570. The van der Waals surface area contributed by atoms with E-state index in [1.54, 1.807) is 4.57 Å². The van der Waals surface area contributed by atoms with E-state index in [9.17, 15) is 15.3 Å². The molecular weight excluding hydrogens is 330 g/mol. The molecule has 3 unspecified atom stereocenters. The molecule has 0 aromatic carbocycles. The van der Waals surface area contributed by atoms with Crippen LogP contribution in [0.5, 0.6) is 6.01 Å². The van der Waals surface area contributed by atoms with Gasteiger partial charge in [0.25, 0.3) is 0 Å². The number of aliphatic hydroxyl groups is 3. The molecule has 1 saturated carbocycles. The number of rotatable bonds is 4. The van der Waals surface area contributed by atoms with Gasteiger partial charge in [-0.05, 0) is 19.3 Å². The monoisotopic (exact) mass is 351 g/mol.